The standard InChI is InChI=1S/C18H27NO/c1-18(2)9-7-16(19)15(12-18)5-3-13-4-6-17-14(11-13)8-10-20-17/h4,6,11,15-16H,3,5,7-10,12,19H2,1-2H3. The summed E-state index contributed by atoms with van der Waals surface area (Å²) in [6.07, 6.45) is 7.20. The maximum atomic E-state index is 6.33. The molecule has 1 aromatic rings. The molecule has 1 heterocycles. The van der Waals surface area contributed by atoms with Crippen LogP contribution in [0.4, 0.5) is 0 Å². The van der Waals surface area contributed by atoms with Crippen molar-refractivity contribution >= 4 is 0 Å². The topological polar surface area (TPSA) is 35.2 Å². The van der Waals surface area contributed by atoms with E-state index in [1.807, 2.05) is 0 Å². The maximum absolute atomic E-state index is 6.33. The first kappa shape index (κ1) is 13.9. The molecule has 0 spiro atoms. The Kier molecular flexibility index (Phi) is 3.76. The van der Waals surface area contributed by atoms with E-state index in [1.54, 1.807) is 0 Å². The summed E-state index contributed by atoms with van der Waals surface area (Å²) in [5.41, 5.74) is 9.65. The normalized spacial score (nSPS) is 27.9. The second-order valence-corrected chi connectivity index (χ2v) is 7.41. The fourth-order valence-electron chi connectivity index (χ4n) is 3.82. The Morgan fingerprint density at radius 3 is 3.05 bits per heavy atom. The lowest BCUT2D eigenvalue weighted by Crippen LogP contribution is -2.39. The van der Waals surface area contributed by atoms with Crippen LogP contribution in [0, 0.1) is 11.3 Å². The van der Waals surface area contributed by atoms with Crippen LogP contribution in [0.3, 0.4) is 0 Å². The van der Waals surface area contributed by atoms with E-state index in [9.17, 15) is 0 Å². The Hall–Kier alpha value is -1.02. The fraction of sp³-hybridized carbons (Fsp3) is 0.667. The molecule has 2 N–H and O–H groups in total. The van der Waals surface area contributed by atoms with Crippen LogP contribution >= 0.6 is 0 Å². The van der Waals surface area contributed by atoms with Crippen molar-refractivity contribution in [1.82, 2.24) is 0 Å². The summed E-state index contributed by atoms with van der Waals surface area (Å²) in [6, 6.07) is 7.11. The average molecular weight is 273 g/mol. The van der Waals surface area contributed by atoms with Crippen LogP contribution < -0.4 is 10.5 Å². The van der Waals surface area contributed by atoms with Gasteiger partial charge in [0.2, 0.25) is 0 Å². The first-order valence-corrected chi connectivity index (χ1v) is 8.04. The molecule has 2 atom stereocenters. The van der Waals surface area contributed by atoms with Gasteiger partial charge in [0.15, 0.2) is 0 Å². The lowest BCUT2D eigenvalue weighted by atomic mass is 9.68. The van der Waals surface area contributed by atoms with Crippen molar-refractivity contribution < 1.29 is 4.74 Å². The molecule has 1 aliphatic heterocycles. The second kappa shape index (κ2) is 5.40. The molecule has 1 saturated carbocycles. The number of hydrogen-bond donors (Lipinski definition) is 1. The van der Waals surface area contributed by atoms with Gasteiger partial charge in [-0.3, -0.25) is 0 Å². The molecule has 3 rings (SSSR count). The van der Waals surface area contributed by atoms with Gasteiger partial charge in [0.25, 0.3) is 0 Å². The number of ether oxygens (including phenoxy) is 1. The van der Waals surface area contributed by atoms with Crippen LogP contribution in [-0.2, 0) is 12.8 Å². The van der Waals surface area contributed by atoms with E-state index in [4.69, 9.17) is 10.5 Å². The summed E-state index contributed by atoms with van der Waals surface area (Å²) in [4.78, 5) is 0. The van der Waals surface area contributed by atoms with Crippen LogP contribution in [0.1, 0.15) is 50.7 Å². The number of aryl methyl sites for hydroxylation is 1. The highest BCUT2D eigenvalue weighted by Crippen LogP contribution is 2.40. The molecular formula is C18H27NO. The minimum Gasteiger partial charge on any atom is -0.493 e. The number of fused-ring (bicyclic) bond motifs is 1. The zero-order valence-electron chi connectivity index (χ0n) is 12.8. The van der Waals surface area contributed by atoms with Gasteiger partial charge >= 0.3 is 0 Å². The van der Waals surface area contributed by atoms with Crippen molar-refractivity contribution in [2.24, 2.45) is 17.1 Å². The number of rotatable bonds is 3. The molecule has 1 fully saturated rings. The zero-order valence-corrected chi connectivity index (χ0v) is 12.8. The Bertz CT molecular complexity index is 480. The van der Waals surface area contributed by atoms with Crippen LogP contribution in [0.2, 0.25) is 0 Å². The molecule has 2 aliphatic rings. The van der Waals surface area contributed by atoms with Gasteiger partial charge < -0.3 is 10.5 Å². The number of benzene rings is 1. The Labute approximate surface area is 122 Å². The zero-order chi connectivity index (χ0) is 14.2. The van der Waals surface area contributed by atoms with Crippen molar-refractivity contribution in [3.63, 3.8) is 0 Å². The molecule has 1 aromatic carbocycles. The molecule has 1 aliphatic carbocycles. The molecule has 0 amide bonds. The molecule has 0 aromatic heterocycles. The third-order valence-corrected chi connectivity index (χ3v) is 5.13. The summed E-state index contributed by atoms with van der Waals surface area (Å²) in [5, 5.41) is 0. The summed E-state index contributed by atoms with van der Waals surface area (Å²) in [6.45, 7) is 5.62. The largest absolute Gasteiger partial charge is 0.493 e. The Balaban J connectivity index is 1.61. The van der Waals surface area contributed by atoms with Gasteiger partial charge in [0, 0.05) is 12.5 Å². The smallest absolute Gasteiger partial charge is 0.122 e. The summed E-state index contributed by atoms with van der Waals surface area (Å²) in [7, 11) is 0. The van der Waals surface area contributed by atoms with Gasteiger partial charge in [-0.05, 0) is 60.6 Å². The van der Waals surface area contributed by atoms with E-state index in [-0.39, 0.29) is 0 Å². The van der Waals surface area contributed by atoms with E-state index in [2.05, 4.69) is 32.0 Å². The number of nitrogens with two attached hydrogens (primary N) is 1. The second-order valence-electron chi connectivity index (χ2n) is 7.41. The molecule has 2 nitrogen and oxygen atoms in total. The van der Waals surface area contributed by atoms with Crippen LogP contribution in [0.5, 0.6) is 5.75 Å². The van der Waals surface area contributed by atoms with E-state index in [0.29, 0.717) is 17.4 Å². The highest BCUT2D eigenvalue weighted by atomic mass is 16.5. The van der Waals surface area contributed by atoms with Gasteiger partial charge in [0.1, 0.15) is 5.75 Å². The predicted molar refractivity (Wildman–Crippen MR) is 83.1 cm³/mol. The van der Waals surface area contributed by atoms with Crippen molar-refractivity contribution in [2.45, 2.75) is 58.4 Å². The minimum absolute atomic E-state index is 0.404. The summed E-state index contributed by atoms with van der Waals surface area (Å²) in [5.74, 6) is 1.77. The van der Waals surface area contributed by atoms with Crippen molar-refractivity contribution in [3.8, 4) is 5.75 Å². The van der Waals surface area contributed by atoms with Crippen LogP contribution in [0.25, 0.3) is 0 Å². The minimum atomic E-state index is 0.404. The predicted octanol–water partition coefficient (Wildman–Crippen LogP) is 3.71. The molecule has 20 heavy (non-hydrogen) atoms. The van der Waals surface area contributed by atoms with E-state index in [1.165, 1.54) is 36.8 Å². The molecule has 0 radical (unpaired) electrons. The quantitative estimate of drug-likeness (QED) is 0.911. The lowest BCUT2D eigenvalue weighted by Gasteiger charge is -2.39. The van der Waals surface area contributed by atoms with Gasteiger partial charge in [-0.2, -0.15) is 0 Å². The first-order chi connectivity index (χ1) is 9.53. The van der Waals surface area contributed by atoms with Gasteiger partial charge in [-0.25, -0.2) is 0 Å². The van der Waals surface area contributed by atoms with Gasteiger partial charge in [-0.1, -0.05) is 26.0 Å². The van der Waals surface area contributed by atoms with Crippen LogP contribution in [0.15, 0.2) is 18.2 Å². The molecule has 0 saturated heterocycles. The molecule has 0 bridgehead atoms. The van der Waals surface area contributed by atoms with Crippen LogP contribution in [-0.4, -0.2) is 12.6 Å². The SMILES string of the molecule is CC1(C)CCC(N)C(CCc2ccc3c(c2)CCO3)C1. The first-order valence-electron chi connectivity index (χ1n) is 8.04. The fourth-order valence-corrected chi connectivity index (χ4v) is 3.82. The lowest BCUT2D eigenvalue weighted by molar-refractivity contribution is 0.151. The third-order valence-electron chi connectivity index (χ3n) is 5.13. The van der Waals surface area contributed by atoms with Gasteiger partial charge in [0.05, 0.1) is 6.61 Å². The average Bonchev–Trinajstić information content (AvgIpc) is 2.87. The Morgan fingerprint density at radius 1 is 1.35 bits per heavy atom. The van der Waals surface area contributed by atoms with Crippen molar-refractivity contribution in [1.29, 1.82) is 0 Å². The summed E-state index contributed by atoms with van der Waals surface area (Å²) < 4.78 is 5.57. The van der Waals surface area contributed by atoms with Crippen molar-refractivity contribution in [2.75, 3.05) is 6.61 Å². The van der Waals surface area contributed by atoms with E-state index < -0.39 is 0 Å². The monoisotopic (exact) mass is 273 g/mol. The highest BCUT2D eigenvalue weighted by Gasteiger charge is 2.32. The molecular weight excluding hydrogens is 246 g/mol. The van der Waals surface area contributed by atoms with E-state index >= 15 is 0 Å². The highest BCUT2D eigenvalue weighted by molar-refractivity contribution is 5.39. The molecule has 2 unspecified atom stereocenters. The van der Waals surface area contributed by atoms with Crippen molar-refractivity contribution in [3.05, 3.63) is 29.3 Å². The van der Waals surface area contributed by atoms with E-state index in [0.717, 1.165) is 25.2 Å². The summed E-state index contributed by atoms with van der Waals surface area (Å²) >= 11 is 0. The maximum Gasteiger partial charge on any atom is 0.122 e. The third kappa shape index (κ3) is 3.01. The number of hydrogen-bond acceptors (Lipinski definition) is 2. The Morgan fingerprint density at radius 2 is 2.20 bits per heavy atom. The molecule has 2 heteroatoms. The molecule has 110 valence electrons. The van der Waals surface area contributed by atoms with Gasteiger partial charge in [-0.15, -0.1) is 0 Å².